The highest BCUT2D eigenvalue weighted by Crippen LogP contribution is 2.21. The highest BCUT2D eigenvalue weighted by molar-refractivity contribution is 5.90. The van der Waals surface area contributed by atoms with E-state index >= 15 is 0 Å². The van der Waals surface area contributed by atoms with Crippen molar-refractivity contribution in [2.24, 2.45) is 5.92 Å². The predicted octanol–water partition coefficient (Wildman–Crippen LogP) is 3.16. The number of hydrogen-bond acceptors (Lipinski definition) is 2. The topological polar surface area (TPSA) is 59.3 Å². The Bertz CT molecular complexity index is 531. The molecule has 2 atom stereocenters. The van der Waals surface area contributed by atoms with Crippen LogP contribution in [0.5, 0.6) is 0 Å². The second-order valence-corrected chi connectivity index (χ2v) is 5.40. The van der Waals surface area contributed by atoms with Gasteiger partial charge in [-0.05, 0) is 38.7 Å². The summed E-state index contributed by atoms with van der Waals surface area (Å²) in [6, 6.07) is 1.44. The minimum atomic E-state index is -0.973. The quantitative estimate of drug-likeness (QED) is 0.889. The van der Waals surface area contributed by atoms with Crippen LogP contribution in [0.1, 0.15) is 61.3 Å². The maximum absolute atomic E-state index is 12.1. The molecule has 0 spiro atoms. The molecule has 0 aliphatic rings. The van der Waals surface area contributed by atoms with Gasteiger partial charge >= 0.3 is 5.97 Å². The number of aromatic carboxylic acids is 1. The molecule has 4 nitrogen and oxygen atoms in total. The minimum absolute atomic E-state index is 0.0150. The summed E-state index contributed by atoms with van der Waals surface area (Å²) in [6.07, 6.45) is 1.93. The fraction of sp³-hybridized carbons (Fsp3) is 0.600. The Morgan fingerprint density at radius 3 is 2.42 bits per heavy atom. The number of rotatable bonds is 5. The van der Waals surface area contributed by atoms with Gasteiger partial charge < -0.3 is 9.67 Å². The van der Waals surface area contributed by atoms with Crippen LogP contribution in [-0.4, -0.2) is 15.6 Å². The van der Waals surface area contributed by atoms with Gasteiger partial charge in [-0.25, -0.2) is 4.79 Å². The van der Waals surface area contributed by atoms with Crippen molar-refractivity contribution in [3.05, 3.63) is 33.2 Å². The molecule has 0 saturated carbocycles. The molecular formula is C15H23NO3. The van der Waals surface area contributed by atoms with Crippen molar-refractivity contribution < 1.29 is 9.90 Å². The van der Waals surface area contributed by atoms with Crippen LogP contribution < -0.4 is 5.56 Å². The molecule has 1 heterocycles. The molecule has 0 radical (unpaired) electrons. The van der Waals surface area contributed by atoms with Gasteiger partial charge in [0.25, 0.3) is 5.56 Å². The minimum Gasteiger partial charge on any atom is -0.478 e. The van der Waals surface area contributed by atoms with Crippen molar-refractivity contribution in [3.63, 3.8) is 0 Å². The lowest BCUT2D eigenvalue weighted by Gasteiger charge is -2.22. The molecule has 0 amide bonds. The number of aryl methyl sites for hydroxylation is 1. The van der Waals surface area contributed by atoms with E-state index in [-0.39, 0.29) is 17.2 Å². The van der Waals surface area contributed by atoms with E-state index in [1.807, 2.05) is 6.92 Å². The molecule has 2 unspecified atom stereocenters. The lowest BCUT2D eigenvalue weighted by atomic mass is 9.99. The highest BCUT2D eigenvalue weighted by Gasteiger charge is 2.19. The smallest absolute Gasteiger partial charge is 0.337 e. The first-order valence-corrected chi connectivity index (χ1v) is 6.75. The van der Waals surface area contributed by atoms with Crippen LogP contribution in [0.4, 0.5) is 0 Å². The van der Waals surface area contributed by atoms with Crippen LogP contribution in [0.2, 0.25) is 0 Å². The first-order chi connectivity index (χ1) is 8.79. The zero-order chi connectivity index (χ0) is 14.7. The van der Waals surface area contributed by atoms with E-state index in [4.69, 9.17) is 0 Å². The molecule has 0 aliphatic heterocycles. The normalized spacial score (nSPS) is 14.2. The van der Waals surface area contributed by atoms with Crippen LogP contribution in [0, 0.1) is 19.8 Å². The standard InChI is InChI=1S/C15H23NO3/c1-6-9(2)7-11(4)16-12(5)14(15(18)19)10(3)8-13(16)17/h8-9,11H,6-7H2,1-5H3,(H,18,19). The second-order valence-electron chi connectivity index (χ2n) is 5.40. The van der Waals surface area contributed by atoms with E-state index in [0.29, 0.717) is 17.2 Å². The van der Waals surface area contributed by atoms with Gasteiger partial charge in [0.2, 0.25) is 0 Å². The van der Waals surface area contributed by atoms with Gasteiger partial charge in [0.1, 0.15) is 0 Å². The molecule has 0 bridgehead atoms. The molecule has 19 heavy (non-hydrogen) atoms. The average molecular weight is 265 g/mol. The molecule has 1 rings (SSSR count). The molecular weight excluding hydrogens is 242 g/mol. The number of carbonyl (C=O) groups is 1. The predicted molar refractivity (Wildman–Crippen MR) is 75.9 cm³/mol. The average Bonchev–Trinajstić information content (AvgIpc) is 2.26. The third-order valence-electron chi connectivity index (χ3n) is 3.79. The summed E-state index contributed by atoms with van der Waals surface area (Å²) in [5.74, 6) is -0.463. The van der Waals surface area contributed by atoms with Crippen molar-refractivity contribution in [2.45, 2.75) is 53.5 Å². The number of carboxylic acids is 1. The fourth-order valence-electron chi connectivity index (χ4n) is 2.62. The van der Waals surface area contributed by atoms with Crippen molar-refractivity contribution >= 4 is 5.97 Å². The van der Waals surface area contributed by atoms with Crippen LogP contribution in [-0.2, 0) is 0 Å². The molecule has 1 aromatic rings. The van der Waals surface area contributed by atoms with Crippen LogP contribution in [0.3, 0.4) is 0 Å². The van der Waals surface area contributed by atoms with Gasteiger partial charge in [-0.15, -0.1) is 0 Å². The van der Waals surface area contributed by atoms with E-state index in [9.17, 15) is 14.7 Å². The van der Waals surface area contributed by atoms with Crippen molar-refractivity contribution in [3.8, 4) is 0 Å². The molecule has 0 fully saturated rings. The first-order valence-electron chi connectivity index (χ1n) is 6.75. The highest BCUT2D eigenvalue weighted by atomic mass is 16.4. The van der Waals surface area contributed by atoms with Gasteiger partial charge in [0, 0.05) is 17.8 Å². The Morgan fingerprint density at radius 1 is 1.37 bits per heavy atom. The summed E-state index contributed by atoms with van der Waals surface area (Å²) in [5.41, 5.74) is 1.21. The first kappa shape index (κ1) is 15.5. The number of pyridine rings is 1. The van der Waals surface area contributed by atoms with Gasteiger partial charge in [-0.2, -0.15) is 0 Å². The van der Waals surface area contributed by atoms with E-state index in [0.717, 1.165) is 12.8 Å². The molecule has 106 valence electrons. The molecule has 0 saturated heterocycles. The summed E-state index contributed by atoms with van der Waals surface area (Å²) < 4.78 is 1.61. The van der Waals surface area contributed by atoms with Crippen molar-refractivity contribution in [1.82, 2.24) is 4.57 Å². The van der Waals surface area contributed by atoms with Crippen molar-refractivity contribution in [2.75, 3.05) is 0 Å². The maximum atomic E-state index is 12.1. The molecule has 1 N–H and O–H groups in total. The summed E-state index contributed by atoms with van der Waals surface area (Å²) >= 11 is 0. The van der Waals surface area contributed by atoms with E-state index in [1.54, 1.807) is 18.4 Å². The Morgan fingerprint density at radius 2 is 1.95 bits per heavy atom. The summed E-state index contributed by atoms with van der Waals surface area (Å²) in [7, 11) is 0. The summed E-state index contributed by atoms with van der Waals surface area (Å²) in [6.45, 7) is 9.61. The third-order valence-corrected chi connectivity index (χ3v) is 3.79. The van der Waals surface area contributed by atoms with Gasteiger partial charge in [-0.1, -0.05) is 20.3 Å². The van der Waals surface area contributed by atoms with Gasteiger partial charge in [-0.3, -0.25) is 4.79 Å². The Labute approximate surface area is 114 Å². The molecule has 1 aromatic heterocycles. The zero-order valence-electron chi connectivity index (χ0n) is 12.4. The Balaban J connectivity index is 3.32. The van der Waals surface area contributed by atoms with Crippen molar-refractivity contribution in [1.29, 1.82) is 0 Å². The SMILES string of the molecule is CCC(C)CC(C)n1c(C)c(C(=O)O)c(C)cc1=O. The third kappa shape index (κ3) is 3.25. The summed E-state index contributed by atoms with van der Waals surface area (Å²) in [4.78, 5) is 23.4. The lowest BCUT2D eigenvalue weighted by molar-refractivity contribution is 0.0694. The number of hydrogen-bond donors (Lipinski definition) is 1. The fourth-order valence-corrected chi connectivity index (χ4v) is 2.62. The molecule has 4 heteroatoms. The maximum Gasteiger partial charge on any atom is 0.337 e. The largest absolute Gasteiger partial charge is 0.478 e. The Hall–Kier alpha value is -1.58. The number of carboxylic acid groups (broad SMARTS) is 1. The van der Waals surface area contributed by atoms with E-state index < -0.39 is 5.97 Å². The number of aromatic nitrogens is 1. The van der Waals surface area contributed by atoms with Crippen LogP contribution in [0.15, 0.2) is 10.9 Å². The zero-order valence-corrected chi connectivity index (χ0v) is 12.4. The van der Waals surface area contributed by atoms with E-state index in [1.165, 1.54) is 6.07 Å². The van der Waals surface area contributed by atoms with Crippen LogP contribution in [0.25, 0.3) is 0 Å². The molecule has 0 aromatic carbocycles. The molecule has 0 aliphatic carbocycles. The monoisotopic (exact) mass is 265 g/mol. The Kier molecular flexibility index (Phi) is 4.92. The summed E-state index contributed by atoms with van der Waals surface area (Å²) in [5, 5.41) is 9.26. The van der Waals surface area contributed by atoms with Gasteiger partial charge in [0.05, 0.1) is 5.56 Å². The second kappa shape index (κ2) is 6.04. The van der Waals surface area contributed by atoms with E-state index in [2.05, 4.69) is 13.8 Å². The lowest BCUT2D eigenvalue weighted by Crippen LogP contribution is -2.28. The van der Waals surface area contributed by atoms with Crippen LogP contribution >= 0.6 is 0 Å². The number of nitrogens with zero attached hydrogens (tertiary/aromatic N) is 1. The van der Waals surface area contributed by atoms with Gasteiger partial charge in [0.15, 0.2) is 0 Å².